The molecule has 1 aromatic carbocycles. The minimum Gasteiger partial charge on any atom is -0.461 e. The van der Waals surface area contributed by atoms with Gasteiger partial charge < -0.3 is 9.73 Å². The molecule has 6 nitrogen and oxygen atoms in total. The van der Waals surface area contributed by atoms with Crippen LogP contribution >= 0.6 is 23.4 Å². The fourth-order valence-electron chi connectivity index (χ4n) is 2.44. The molecule has 0 aliphatic carbocycles. The number of benzene rings is 1. The molecule has 0 atom stereocenters. The molecule has 1 amide bonds. The van der Waals surface area contributed by atoms with Gasteiger partial charge in [-0.3, -0.25) is 9.36 Å². The number of carbonyl (C=O) groups is 1. The Hall–Kier alpha value is -2.46. The van der Waals surface area contributed by atoms with E-state index in [1.807, 2.05) is 6.92 Å². The summed E-state index contributed by atoms with van der Waals surface area (Å²) in [6, 6.07) is 6.62. The molecule has 2 aromatic heterocycles. The number of nitrogens with one attached hydrogen (secondary N) is 1. The van der Waals surface area contributed by atoms with Crippen LogP contribution in [0.4, 0.5) is 18.9 Å². The lowest BCUT2D eigenvalue weighted by Crippen LogP contribution is -2.18. The zero-order valence-corrected chi connectivity index (χ0v) is 16.0. The van der Waals surface area contributed by atoms with Crippen molar-refractivity contribution in [3.63, 3.8) is 0 Å². The number of nitrogens with zero attached hydrogens (tertiary/aromatic N) is 3. The molecule has 28 heavy (non-hydrogen) atoms. The van der Waals surface area contributed by atoms with Crippen molar-refractivity contribution in [3.8, 4) is 11.6 Å². The zero-order chi connectivity index (χ0) is 20.3. The number of aromatic nitrogens is 3. The Labute approximate surface area is 167 Å². The predicted molar refractivity (Wildman–Crippen MR) is 99.2 cm³/mol. The zero-order valence-electron chi connectivity index (χ0n) is 14.5. The summed E-state index contributed by atoms with van der Waals surface area (Å²) in [4.78, 5) is 12.2. The van der Waals surface area contributed by atoms with Crippen LogP contribution in [0.3, 0.4) is 0 Å². The molecule has 0 saturated carbocycles. The van der Waals surface area contributed by atoms with Crippen molar-refractivity contribution in [3.05, 3.63) is 47.2 Å². The molecule has 0 radical (unpaired) electrons. The summed E-state index contributed by atoms with van der Waals surface area (Å²) in [6.07, 6.45) is -3.13. The Morgan fingerprint density at radius 1 is 1.32 bits per heavy atom. The predicted octanol–water partition coefficient (Wildman–Crippen LogP) is 4.96. The van der Waals surface area contributed by atoms with Crippen molar-refractivity contribution in [1.82, 2.24) is 14.8 Å². The van der Waals surface area contributed by atoms with Gasteiger partial charge in [0, 0.05) is 11.6 Å². The van der Waals surface area contributed by atoms with Crippen LogP contribution in [0.1, 0.15) is 12.5 Å². The van der Waals surface area contributed by atoms with Gasteiger partial charge in [0.25, 0.3) is 0 Å². The summed E-state index contributed by atoms with van der Waals surface area (Å²) in [5.74, 6) is 0.285. The lowest BCUT2D eigenvalue weighted by atomic mass is 10.1. The fraction of sp³-hybridized carbons (Fsp3) is 0.235. The van der Waals surface area contributed by atoms with Crippen molar-refractivity contribution >= 4 is 35.0 Å². The van der Waals surface area contributed by atoms with Gasteiger partial charge in [-0.25, -0.2) is 0 Å². The highest BCUT2D eigenvalue weighted by Gasteiger charge is 2.34. The first-order valence-electron chi connectivity index (χ1n) is 8.06. The number of alkyl halides is 3. The van der Waals surface area contributed by atoms with Crippen molar-refractivity contribution in [2.45, 2.75) is 24.8 Å². The summed E-state index contributed by atoms with van der Waals surface area (Å²) < 4.78 is 46.4. The second-order valence-electron chi connectivity index (χ2n) is 5.55. The van der Waals surface area contributed by atoms with E-state index in [1.54, 1.807) is 16.7 Å². The van der Waals surface area contributed by atoms with Crippen molar-refractivity contribution < 1.29 is 22.4 Å². The van der Waals surface area contributed by atoms with E-state index in [2.05, 4.69) is 15.5 Å². The number of amides is 1. The Morgan fingerprint density at radius 2 is 2.11 bits per heavy atom. The summed E-state index contributed by atoms with van der Waals surface area (Å²) in [5, 5.41) is 10.7. The van der Waals surface area contributed by atoms with Gasteiger partial charge in [0.2, 0.25) is 5.91 Å². The summed E-state index contributed by atoms with van der Waals surface area (Å²) in [7, 11) is 0. The first kappa shape index (κ1) is 20.3. The Kier molecular flexibility index (Phi) is 5.99. The number of carbonyl (C=O) groups excluding carboxylic acids is 1. The Morgan fingerprint density at radius 3 is 2.75 bits per heavy atom. The standard InChI is InChI=1S/C17H14ClF3N4O2S/c1-2-25-15(13-4-3-7-27-13)23-24-16(25)28-9-14(26)22-12-6-5-10(18)8-11(12)17(19,20)21/h3-8H,2,9H2,1H3,(H,22,26). The van der Waals surface area contributed by atoms with Gasteiger partial charge in [-0.05, 0) is 37.3 Å². The van der Waals surface area contributed by atoms with Crippen LogP contribution in [0, 0.1) is 0 Å². The number of thioether (sulfide) groups is 1. The lowest BCUT2D eigenvalue weighted by Gasteiger charge is -2.14. The van der Waals surface area contributed by atoms with Gasteiger partial charge in [-0.2, -0.15) is 13.2 Å². The maximum atomic E-state index is 13.1. The lowest BCUT2D eigenvalue weighted by molar-refractivity contribution is -0.137. The van der Waals surface area contributed by atoms with E-state index in [-0.39, 0.29) is 16.5 Å². The summed E-state index contributed by atoms with van der Waals surface area (Å²) in [6.45, 7) is 2.41. The van der Waals surface area contributed by atoms with Crippen LogP contribution in [0.2, 0.25) is 5.02 Å². The van der Waals surface area contributed by atoms with Crippen LogP contribution in [0.5, 0.6) is 0 Å². The average Bonchev–Trinajstić information content (AvgIpc) is 3.29. The average molecular weight is 431 g/mol. The van der Waals surface area contributed by atoms with Crippen LogP contribution in [-0.2, 0) is 17.5 Å². The topological polar surface area (TPSA) is 73.0 Å². The molecule has 0 bridgehead atoms. The molecular formula is C17H14ClF3N4O2S. The number of hydrogen-bond donors (Lipinski definition) is 1. The minimum absolute atomic E-state index is 0.0683. The maximum Gasteiger partial charge on any atom is 0.418 e. The molecule has 2 heterocycles. The second-order valence-corrected chi connectivity index (χ2v) is 6.93. The highest BCUT2D eigenvalue weighted by Crippen LogP contribution is 2.36. The third kappa shape index (κ3) is 4.50. The van der Waals surface area contributed by atoms with E-state index in [9.17, 15) is 18.0 Å². The maximum absolute atomic E-state index is 13.1. The number of rotatable bonds is 6. The van der Waals surface area contributed by atoms with Crippen molar-refractivity contribution in [1.29, 1.82) is 0 Å². The van der Waals surface area contributed by atoms with Gasteiger partial charge in [-0.1, -0.05) is 23.4 Å². The SMILES string of the molecule is CCn1c(SCC(=O)Nc2ccc(Cl)cc2C(F)(F)F)nnc1-c1ccco1. The molecule has 3 aromatic rings. The summed E-state index contributed by atoms with van der Waals surface area (Å²) >= 11 is 6.70. The van der Waals surface area contributed by atoms with E-state index in [0.29, 0.717) is 23.3 Å². The molecule has 148 valence electrons. The van der Waals surface area contributed by atoms with Gasteiger partial charge in [0.15, 0.2) is 16.7 Å². The van der Waals surface area contributed by atoms with Crippen molar-refractivity contribution in [2.24, 2.45) is 0 Å². The van der Waals surface area contributed by atoms with Crippen LogP contribution in [-0.4, -0.2) is 26.4 Å². The van der Waals surface area contributed by atoms with Gasteiger partial charge in [-0.15, -0.1) is 10.2 Å². The van der Waals surface area contributed by atoms with E-state index in [0.717, 1.165) is 23.9 Å². The number of anilines is 1. The summed E-state index contributed by atoms with van der Waals surface area (Å²) in [5.41, 5.74) is -1.36. The number of hydrogen-bond acceptors (Lipinski definition) is 5. The third-order valence-corrected chi connectivity index (χ3v) is 4.87. The van der Waals surface area contributed by atoms with E-state index < -0.39 is 17.6 Å². The Bertz CT molecular complexity index is 973. The highest BCUT2D eigenvalue weighted by atomic mass is 35.5. The van der Waals surface area contributed by atoms with Gasteiger partial charge >= 0.3 is 6.18 Å². The molecule has 0 aliphatic heterocycles. The van der Waals surface area contributed by atoms with Gasteiger partial charge in [0.1, 0.15) is 0 Å². The molecule has 0 fully saturated rings. The number of furan rings is 1. The normalized spacial score (nSPS) is 11.6. The molecule has 3 rings (SSSR count). The molecule has 11 heteroatoms. The van der Waals surface area contributed by atoms with Crippen LogP contribution < -0.4 is 5.32 Å². The first-order valence-corrected chi connectivity index (χ1v) is 9.42. The largest absolute Gasteiger partial charge is 0.461 e. The second kappa shape index (κ2) is 8.27. The van der Waals surface area contributed by atoms with Crippen molar-refractivity contribution in [2.75, 3.05) is 11.1 Å². The molecule has 0 saturated heterocycles. The molecular weight excluding hydrogens is 417 g/mol. The van der Waals surface area contributed by atoms with E-state index in [4.69, 9.17) is 16.0 Å². The third-order valence-electron chi connectivity index (χ3n) is 3.67. The van der Waals surface area contributed by atoms with E-state index >= 15 is 0 Å². The van der Waals surface area contributed by atoms with Crippen LogP contribution in [0.15, 0.2) is 46.2 Å². The molecule has 1 N–H and O–H groups in total. The van der Waals surface area contributed by atoms with E-state index in [1.165, 1.54) is 12.3 Å². The Balaban J connectivity index is 1.71. The molecule has 0 aliphatic rings. The quantitative estimate of drug-likeness (QED) is 0.559. The smallest absolute Gasteiger partial charge is 0.418 e. The highest BCUT2D eigenvalue weighted by molar-refractivity contribution is 7.99. The number of halogens is 4. The van der Waals surface area contributed by atoms with Gasteiger partial charge in [0.05, 0.1) is 23.3 Å². The first-order chi connectivity index (χ1) is 13.3. The fourth-order valence-corrected chi connectivity index (χ4v) is 3.42. The molecule has 0 spiro atoms. The minimum atomic E-state index is -4.64. The van der Waals surface area contributed by atoms with Crippen LogP contribution in [0.25, 0.3) is 11.6 Å². The monoisotopic (exact) mass is 430 g/mol. The molecule has 0 unspecified atom stereocenters.